The van der Waals surface area contributed by atoms with E-state index in [1.165, 1.54) is 10.4 Å². The minimum absolute atomic E-state index is 0.132. The van der Waals surface area contributed by atoms with Crippen molar-refractivity contribution in [3.63, 3.8) is 0 Å². The molecule has 2 heterocycles. The van der Waals surface area contributed by atoms with Crippen LogP contribution in [-0.4, -0.2) is 43.8 Å². The van der Waals surface area contributed by atoms with E-state index in [9.17, 15) is 17.2 Å². The molecule has 0 bridgehead atoms. The average molecular weight is 345 g/mol. The number of halogens is 2. The predicted molar refractivity (Wildman–Crippen MR) is 82.5 cm³/mol. The summed E-state index contributed by atoms with van der Waals surface area (Å²) in [6, 6.07) is 3.87. The Bertz CT molecular complexity index is 680. The predicted octanol–water partition coefficient (Wildman–Crippen LogP) is 2.34. The molecule has 1 aromatic carbocycles. The lowest BCUT2D eigenvalue weighted by Crippen LogP contribution is -2.40. The van der Waals surface area contributed by atoms with Gasteiger partial charge in [-0.3, -0.25) is 0 Å². The van der Waals surface area contributed by atoms with Crippen molar-refractivity contribution in [1.29, 1.82) is 0 Å². The van der Waals surface area contributed by atoms with Crippen LogP contribution >= 0.6 is 0 Å². The first kappa shape index (κ1) is 16.8. The Hall–Kier alpha value is -1.05. The first-order valence-electron chi connectivity index (χ1n) is 7.92. The lowest BCUT2D eigenvalue weighted by atomic mass is 9.99. The Morgan fingerprint density at radius 2 is 2.04 bits per heavy atom. The van der Waals surface area contributed by atoms with Gasteiger partial charge in [0.1, 0.15) is 5.25 Å². The van der Waals surface area contributed by atoms with Crippen LogP contribution in [0.1, 0.15) is 25.3 Å². The maximum Gasteiger partial charge on any atom is 0.219 e. The summed E-state index contributed by atoms with van der Waals surface area (Å²) < 4.78 is 58.5. The molecule has 0 unspecified atom stereocenters. The summed E-state index contributed by atoms with van der Waals surface area (Å²) >= 11 is 0. The molecule has 0 aliphatic carbocycles. The zero-order valence-corrected chi connectivity index (χ0v) is 13.9. The molecule has 128 valence electrons. The topological polar surface area (TPSA) is 46.6 Å². The van der Waals surface area contributed by atoms with E-state index in [1.54, 1.807) is 13.0 Å². The highest BCUT2D eigenvalue weighted by atomic mass is 32.2. The van der Waals surface area contributed by atoms with Gasteiger partial charge in [-0.2, -0.15) is 0 Å². The maximum atomic E-state index is 13.3. The van der Waals surface area contributed by atoms with Crippen LogP contribution in [0, 0.1) is 17.6 Å². The van der Waals surface area contributed by atoms with Crippen LogP contribution in [0.25, 0.3) is 0 Å². The molecular formula is C16H21F2NO3S. The van der Waals surface area contributed by atoms with Gasteiger partial charge in [-0.1, -0.05) is 6.07 Å². The number of sulfonamides is 1. The summed E-state index contributed by atoms with van der Waals surface area (Å²) in [5.74, 6) is -1.59. The number of hydrogen-bond donors (Lipinski definition) is 0. The number of hydrogen-bond acceptors (Lipinski definition) is 3. The molecule has 0 N–H and O–H groups in total. The highest BCUT2D eigenvalue weighted by molar-refractivity contribution is 7.89. The summed E-state index contributed by atoms with van der Waals surface area (Å²) in [7, 11) is -3.35. The summed E-state index contributed by atoms with van der Waals surface area (Å²) in [6.45, 7) is 3.20. The lowest BCUT2D eigenvalue weighted by molar-refractivity contribution is 0.125. The summed E-state index contributed by atoms with van der Waals surface area (Å²) in [6.07, 6.45) is 1.55. The highest BCUT2D eigenvalue weighted by Gasteiger charge is 2.42. The van der Waals surface area contributed by atoms with Gasteiger partial charge in [0, 0.05) is 19.7 Å². The SMILES string of the molecule is C[C@@H]1OCC[C@@H]1S(=O)(=O)N1CC[C@H](Cc2ccc(F)c(F)c2)C1. The van der Waals surface area contributed by atoms with Gasteiger partial charge in [-0.05, 0) is 49.8 Å². The molecule has 3 rings (SSSR count). The normalized spacial score (nSPS) is 29.3. The third-order valence-electron chi connectivity index (χ3n) is 4.81. The van der Waals surface area contributed by atoms with E-state index in [4.69, 9.17) is 4.74 Å². The molecule has 0 spiro atoms. The van der Waals surface area contributed by atoms with Crippen molar-refractivity contribution < 1.29 is 21.9 Å². The molecule has 4 nitrogen and oxygen atoms in total. The van der Waals surface area contributed by atoms with Crippen LogP contribution in [0.5, 0.6) is 0 Å². The Morgan fingerprint density at radius 3 is 2.70 bits per heavy atom. The summed E-state index contributed by atoms with van der Waals surface area (Å²) in [4.78, 5) is 0. The van der Waals surface area contributed by atoms with Crippen molar-refractivity contribution >= 4 is 10.0 Å². The number of benzene rings is 1. The molecule has 1 aromatic rings. The Balaban J connectivity index is 1.65. The zero-order chi connectivity index (χ0) is 16.6. The molecule has 23 heavy (non-hydrogen) atoms. The van der Waals surface area contributed by atoms with E-state index in [1.807, 2.05) is 0 Å². The van der Waals surface area contributed by atoms with Crippen molar-refractivity contribution in [3.8, 4) is 0 Å². The van der Waals surface area contributed by atoms with Gasteiger partial charge in [-0.25, -0.2) is 21.5 Å². The van der Waals surface area contributed by atoms with Crippen molar-refractivity contribution in [3.05, 3.63) is 35.4 Å². The van der Waals surface area contributed by atoms with Gasteiger partial charge >= 0.3 is 0 Å². The van der Waals surface area contributed by atoms with E-state index < -0.39 is 26.9 Å². The molecule has 0 amide bonds. The average Bonchev–Trinajstić information content (AvgIpc) is 3.12. The van der Waals surface area contributed by atoms with E-state index in [-0.39, 0.29) is 12.0 Å². The quantitative estimate of drug-likeness (QED) is 0.841. The molecule has 2 saturated heterocycles. The second-order valence-electron chi connectivity index (χ2n) is 6.41. The van der Waals surface area contributed by atoms with Gasteiger partial charge < -0.3 is 4.74 Å². The van der Waals surface area contributed by atoms with Crippen molar-refractivity contribution in [1.82, 2.24) is 4.31 Å². The fourth-order valence-electron chi connectivity index (χ4n) is 3.49. The highest BCUT2D eigenvalue weighted by Crippen LogP contribution is 2.29. The number of nitrogens with zero attached hydrogens (tertiary/aromatic N) is 1. The lowest BCUT2D eigenvalue weighted by Gasteiger charge is -2.23. The van der Waals surface area contributed by atoms with Crippen LogP contribution in [0.3, 0.4) is 0 Å². The standard InChI is InChI=1S/C16H21F2NO3S/c1-11-16(5-7-22-11)23(20,21)19-6-4-13(10-19)8-12-2-3-14(17)15(18)9-12/h2-3,9,11,13,16H,4-8,10H2,1H3/t11-,13+,16-/m0/s1. The van der Waals surface area contributed by atoms with E-state index in [2.05, 4.69) is 0 Å². The Morgan fingerprint density at radius 1 is 1.26 bits per heavy atom. The monoisotopic (exact) mass is 345 g/mol. The van der Waals surface area contributed by atoms with Gasteiger partial charge in [-0.15, -0.1) is 0 Å². The Labute approximate surface area is 135 Å². The van der Waals surface area contributed by atoms with Crippen LogP contribution in [-0.2, 0) is 21.2 Å². The van der Waals surface area contributed by atoms with Crippen LogP contribution < -0.4 is 0 Å². The van der Waals surface area contributed by atoms with E-state index in [0.717, 1.165) is 12.5 Å². The van der Waals surface area contributed by atoms with Crippen molar-refractivity contribution in [2.24, 2.45) is 5.92 Å². The molecule has 2 aliphatic rings. The molecule has 0 aromatic heterocycles. The van der Waals surface area contributed by atoms with Gasteiger partial charge in [0.25, 0.3) is 0 Å². The smallest absolute Gasteiger partial charge is 0.219 e. The maximum absolute atomic E-state index is 13.3. The van der Waals surface area contributed by atoms with E-state index in [0.29, 0.717) is 38.1 Å². The summed E-state index contributed by atoms with van der Waals surface area (Å²) in [5.41, 5.74) is 0.700. The molecule has 0 saturated carbocycles. The minimum Gasteiger partial charge on any atom is -0.377 e. The van der Waals surface area contributed by atoms with Crippen molar-refractivity contribution in [2.75, 3.05) is 19.7 Å². The first-order chi connectivity index (χ1) is 10.9. The zero-order valence-electron chi connectivity index (χ0n) is 13.0. The fraction of sp³-hybridized carbons (Fsp3) is 0.625. The van der Waals surface area contributed by atoms with Crippen LogP contribution in [0.2, 0.25) is 0 Å². The van der Waals surface area contributed by atoms with Crippen molar-refractivity contribution in [2.45, 2.75) is 37.5 Å². The second-order valence-corrected chi connectivity index (χ2v) is 8.57. The Kier molecular flexibility index (Phi) is 4.71. The van der Waals surface area contributed by atoms with Gasteiger partial charge in [0.05, 0.1) is 6.10 Å². The van der Waals surface area contributed by atoms with Gasteiger partial charge in [0.15, 0.2) is 11.6 Å². The third kappa shape index (κ3) is 3.41. The fourth-order valence-corrected chi connectivity index (χ4v) is 5.61. The second kappa shape index (κ2) is 6.45. The van der Waals surface area contributed by atoms with Crippen LogP contribution in [0.4, 0.5) is 8.78 Å². The van der Waals surface area contributed by atoms with Crippen LogP contribution in [0.15, 0.2) is 18.2 Å². The minimum atomic E-state index is -3.35. The third-order valence-corrected chi connectivity index (χ3v) is 7.24. The number of rotatable bonds is 4. The molecule has 2 fully saturated rings. The molecule has 0 radical (unpaired) electrons. The molecule has 7 heteroatoms. The molecule has 2 aliphatic heterocycles. The molecule has 3 atom stereocenters. The summed E-state index contributed by atoms with van der Waals surface area (Å²) in [5, 5.41) is -0.468. The first-order valence-corrected chi connectivity index (χ1v) is 9.42. The number of ether oxygens (including phenoxy) is 1. The largest absolute Gasteiger partial charge is 0.377 e. The van der Waals surface area contributed by atoms with Gasteiger partial charge in [0.2, 0.25) is 10.0 Å². The molecular weight excluding hydrogens is 324 g/mol. The van der Waals surface area contributed by atoms with E-state index >= 15 is 0 Å².